The van der Waals surface area contributed by atoms with Crippen LogP contribution in [0, 0.1) is 5.82 Å². The Bertz CT molecular complexity index is 753. The van der Waals surface area contributed by atoms with Crippen LogP contribution in [0.4, 0.5) is 4.39 Å². The smallest absolute Gasteiger partial charge is 0.265 e. The molecule has 0 fully saturated rings. The van der Waals surface area contributed by atoms with Gasteiger partial charge < -0.3 is 14.4 Å². The van der Waals surface area contributed by atoms with Crippen molar-refractivity contribution in [3.05, 3.63) is 36.1 Å². The van der Waals surface area contributed by atoms with Crippen LogP contribution in [0.5, 0.6) is 11.6 Å². The maximum absolute atomic E-state index is 13.7. The molecule has 1 N–H and O–H groups in total. The summed E-state index contributed by atoms with van der Waals surface area (Å²) in [5.41, 5.74) is 0.180. The van der Waals surface area contributed by atoms with Crippen LogP contribution < -0.4 is 4.74 Å². The minimum Gasteiger partial charge on any atom is -0.507 e. The molecule has 106 valence electrons. The normalized spacial score (nSPS) is 10.6. The Morgan fingerprint density at radius 2 is 2.05 bits per heavy atom. The Kier molecular flexibility index (Phi) is 3.19. The molecular weight excluding hydrogens is 279 g/mol. The highest BCUT2D eigenvalue weighted by molar-refractivity contribution is 5.64. The van der Waals surface area contributed by atoms with E-state index in [4.69, 9.17) is 9.26 Å². The highest BCUT2D eigenvalue weighted by Gasteiger charge is 2.18. The predicted molar refractivity (Wildman–Crippen MR) is 68.9 cm³/mol. The number of phenols is 1. The van der Waals surface area contributed by atoms with Gasteiger partial charge in [0.15, 0.2) is 0 Å². The molecule has 2 heterocycles. The summed E-state index contributed by atoms with van der Waals surface area (Å²) >= 11 is 0. The Balaban J connectivity index is 1.99. The van der Waals surface area contributed by atoms with E-state index in [-0.39, 0.29) is 23.0 Å². The van der Waals surface area contributed by atoms with Crippen molar-refractivity contribution in [3.8, 4) is 34.6 Å². The van der Waals surface area contributed by atoms with Gasteiger partial charge in [-0.25, -0.2) is 4.39 Å². The standard InChI is InChI=1S/C13H9FN4O3/c1-20-10-6-5-8(16-17-10)12-15-13(21-18-12)11-7(14)3-2-4-9(11)19/h2-6,19H,1H3. The number of benzene rings is 1. The molecule has 2 aromatic heterocycles. The largest absolute Gasteiger partial charge is 0.507 e. The van der Waals surface area contributed by atoms with E-state index in [9.17, 15) is 9.50 Å². The fourth-order valence-corrected chi connectivity index (χ4v) is 1.70. The van der Waals surface area contributed by atoms with Gasteiger partial charge in [-0.3, -0.25) is 0 Å². The third-order valence-corrected chi connectivity index (χ3v) is 2.71. The lowest BCUT2D eigenvalue weighted by molar-refractivity contribution is 0.392. The van der Waals surface area contributed by atoms with Gasteiger partial charge in [0.2, 0.25) is 11.7 Å². The van der Waals surface area contributed by atoms with E-state index in [1.165, 1.54) is 25.3 Å². The highest BCUT2D eigenvalue weighted by atomic mass is 19.1. The number of phenolic OH excluding ortho intramolecular Hbond substituents is 1. The number of aromatic hydroxyl groups is 1. The maximum Gasteiger partial charge on any atom is 0.265 e. The molecule has 21 heavy (non-hydrogen) atoms. The average Bonchev–Trinajstić information content (AvgIpc) is 2.97. The van der Waals surface area contributed by atoms with Gasteiger partial charge in [0.05, 0.1) is 7.11 Å². The molecule has 0 amide bonds. The quantitative estimate of drug-likeness (QED) is 0.788. The molecular formula is C13H9FN4O3. The minimum atomic E-state index is -0.661. The summed E-state index contributed by atoms with van der Waals surface area (Å²) in [5.74, 6) is -0.618. The number of hydrogen-bond donors (Lipinski definition) is 1. The molecule has 0 spiro atoms. The second kappa shape index (κ2) is 5.16. The zero-order valence-corrected chi connectivity index (χ0v) is 10.8. The fraction of sp³-hybridized carbons (Fsp3) is 0.0769. The zero-order valence-electron chi connectivity index (χ0n) is 10.8. The van der Waals surface area contributed by atoms with Crippen LogP contribution >= 0.6 is 0 Å². The van der Waals surface area contributed by atoms with E-state index in [2.05, 4.69) is 20.3 Å². The third kappa shape index (κ3) is 2.38. The molecule has 0 aliphatic rings. The van der Waals surface area contributed by atoms with Crippen LogP contribution in [-0.2, 0) is 0 Å². The number of rotatable bonds is 3. The van der Waals surface area contributed by atoms with Crippen LogP contribution in [-0.4, -0.2) is 32.6 Å². The fourth-order valence-electron chi connectivity index (χ4n) is 1.70. The van der Waals surface area contributed by atoms with Crippen molar-refractivity contribution >= 4 is 0 Å². The molecule has 7 nitrogen and oxygen atoms in total. The van der Waals surface area contributed by atoms with E-state index >= 15 is 0 Å². The molecule has 0 aliphatic heterocycles. The van der Waals surface area contributed by atoms with E-state index < -0.39 is 5.82 Å². The van der Waals surface area contributed by atoms with Crippen LogP contribution in [0.25, 0.3) is 23.0 Å². The zero-order chi connectivity index (χ0) is 14.8. The van der Waals surface area contributed by atoms with Crippen molar-refractivity contribution in [3.63, 3.8) is 0 Å². The van der Waals surface area contributed by atoms with Crippen molar-refractivity contribution in [2.24, 2.45) is 0 Å². The molecule has 0 unspecified atom stereocenters. The van der Waals surface area contributed by atoms with Gasteiger partial charge in [-0.05, 0) is 18.2 Å². The Morgan fingerprint density at radius 1 is 1.19 bits per heavy atom. The molecule has 0 bridgehead atoms. The Labute approximate surface area is 118 Å². The molecule has 0 atom stereocenters. The summed E-state index contributed by atoms with van der Waals surface area (Å²) in [6, 6.07) is 7.06. The third-order valence-electron chi connectivity index (χ3n) is 2.71. The summed E-state index contributed by atoms with van der Waals surface area (Å²) in [6.45, 7) is 0. The molecule has 0 aliphatic carbocycles. The van der Waals surface area contributed by atoms with Gasteiger partial charge in [-0.2, -0.15) is 4.98 Å². The lowest BCUT2D eigenvalue weighted by Gasteiger charge is -1.99. The summed E-state index contributed by atoms with van der Waals surface area (Å²) < 4.78 is 23.6. The molecule has 3 rings (SSSR count). The van der Waals surface area contributed by atoms with Gasteiger partial charge >= 0.3 is 0 Å². The first-order valence-electron chi connectivity index (χ1n) is 5.88. The van der Waals surface area contributed by atoms with E-state index in [1.807, 2.05) is 0 Å². The molecule has 8 heteroatoms. The number of ether oxygens (including phenoxy) is 1. The summed E-state index contributed by atoms with van der Waals surface area (Å²) in [6.07, 6.45) is 0. The first-order chi connectivity index (χ1) is 10.2. The topological polar surface area (TPSA) is 94.2 Å². The number of aromatic nitrogens is 4. The van der Waals surface area contributed by atoms with Crippen molar-refractivity contribution < 1.29 is 18.8 Å². The van der Waals surface area contributed by atoms with E-state index in [0.29, 0.717) is 11.6 Å². The number of hydrogen-bond acceptors (Lipinski definition) is 7. The van der Waals surface area contributed by atoms with Gasteiger partial charge in [0.25, 0.3) is 5.89 Å². The second-order valence-electron chi connectivity index (χ2n) is 4.02. The lowest BCUT2D eigenvalue weighted by Crippen LogP contribution is -1.93. The maximum atomic E-state index is 13.7. The molecule has 3 aromatic rings. The molecule has 1 aromatic carbocycles. The lowest BCUT2D eigenvalue weighted by atomic mass is 10.2. The van der Waals surface area contributed by atoms with Crippen LogP contribution in [0.1, 0.15) is 0 Å². The summed E-state index contributed by atoms with van der Waals surface area (Å²) in [7, 11) is 1.47. The van der Waals surface area contributed by atoms with Crippen LogP contribution in [0.2, 0.25) is 0 Å². The predicted octanol–water partition coefficient (Wildman–Crippen LogP) is 2.05. The number of halogens is 1. The van der Waals surface area contributed by atoms with Gasteiger partial charge in [0, 0.05) is 6.07 Å². The summed E-state index contributed by atoms with van der Waals surface area (Å²) in [4.78, 5) is 4.01. The molecule has 0 radical (unpaired) electrons. The van der Waals surface area contributed by atoms with Gasteiger partial charge in [-0.1, -0.05) is 11.2 Å². The van der Waals surface area contributed by atoms with Crippen molar-refractivity contribution in [2.75, 3.05) is 7.11 Å². The molecule has 0 saturated heterocycles. The van der Waals surface area contributed by atoms with Crippen molar-refractivity contribution in [1.82, 2.24) is 20.3 Å². The average molecular weight is 288 g/mol. The first-order valence-corrected chi connectivity index (χ1v) is 5.88. The highest BCUT2D eigenvalue weighted by Crippen LogP contribution is 2.31. The van der Waals surface area contributed by atoms with Crippen molar-refractivity contribution in [2.45, 2.75) is 0 Å². The van der Waals surface area contributed by atoms with E-state index in [1.54, 1.807) is 12.1 Å². The van der Waals surface area contributed by atoms with E-state index in [0.717, 1.165) is 0 Å². The molecule has 0 saturated carbocycles. The van der Waals surface area contributed by atoms with Gasteiger partial charge in [0.1, 0.15) is 22.8 Å². The van der Waals surface area contributed by atoms with Crippen LogP contribution in [0.3, 0.4) is 0 Å². The second-order valence-corrected chi connectivity index (χ2v) is 4.02. The summed E-state index contributed by atoms with van der Waals surface area (Å²) in [5, 5.41) is 21.0. The van der Waals surface area contributed by atoms with Crippen LogP contribution in [0.15, 0.2) is 34.9 Å². The monoisotopic (exact) mass is 288 g/mol. The number of nitrogens with zero attached hydrogens (tertiary/aromatic N) is 4. The Morgan fingerprint density at radius 3 is 2.71 bits per heavy atom. The Hall–Kier alpha value is -3.03. The van der Waals surface area contributed by atoms with Gasteiger partial charge in [-0.15, -0.1) is 10.2 Å². The number of methoxy groups -OCH3 is 1. The first kappa shape index (κ1) is 13.0. The SMILES string of the molecule is COc1ccc(-c2noc(-c3c(O)cccc3F)n2)nn1. The minimum absolute atomic E-state index is 0.128. The van der Waals surface area contributed by atoms with Crippen molar-refractivity contribution in [1.29, 1.82) is 0 Å².